The molecule has 4 heteroatoms. The Kier molecular flexibility index (Phi) is 5.84. The van der Waals surface area contributed by atoms with E-state index in [1.807, 2.05) is 24.4 Å². The van der Waals surface area contributed by atoms with E-state index in [1.54, 1.807) is 12.4 Å². The van der Waals surface area contributed by atoms with Crippen molar-refractivity contribution in [3.63, 3.8) is 0 Å². The van der Waals surface area contributed by atoms with E-state index in [9.17, 15) is 0 Å². The highest BCUT2D eigenvalue weighted by Crippen LogP contribution is 2.50. The SMILES string of the molecule is c1cnc(-c2cccc(-c3cccc(-c4ccc5cc(-c6ccc7c8c(cccc68)-c6ccccc6-7)c6cccnc6c5n4)c3)c2)nc1. The molecule has 0 unspecified atom stereocenters. The summed E-state index contributed by atoms with van der Waals surface area (Å²) in [4.78, 5) is 19.0. The number of aromatic nitrogens is 4. The molecule has 9 aromatic rings. The third kappa shape index (κ3) is 4.10. The summed E-state index contributed by atoms with van der Waals surface area (Å²) >= 11 is 0. The van der Waals surface area contributed by atoms with Gasteiger partial charge < -0.3 is 0 Å². The molecule has 3 heterocycles. The third-order valence-electron chi connectivity index (χ3n) is 9.56. The van der Waals surface area contributed by atoms with E-state index in [4.69, 9.17) is 9.97 Å². The lowest BCUT2D eigenvalue weighted by molar-refractivity contribution is 1.18. The van der Waals surface area contributed by atoms with Crippen molar-refractivity contribution in [3.8, 4) is 67.2 Å². The first-order chi connectivity index (χ1) is 23.8. The average molecular weight is 611 g/mol. The van der Waals surface area contributed by atoms with Gasteiger partial charge in [0.1, 0.15) is 0 Å². The van der Waals surface area contributed by atoms with Crippen LogP contribution in [-0.2, 0) is 0 Å². The lowest BCUT2D eigenvalue weighted by Crippen LogP contribution is -1.92. The molecule has 0 aliphatic heterocycles. The van der Waals surface area contributed by atoms with Crippen molar-refractivity contribution in [2.24, 2.45) is 0 Å². The minimum absolute atomic E-state index is 0.715. The molecular weight excluding hydrogens is 585 g/mol. The summed E-state index contributed by atoms with van der Waals surface area (Å²) in [5.74, 6) is 0.715. The zero-order chi connectivity index (χ0) is 31.6. The molecule has 0 fully saturated rings. The third-order valence-corrected chi connectivity index (χ3v) is 9.56. The van der Waals surface area contributed by atoms with Gasteiger partial charge in [-0.1, -0.05) is 103 Å². The van der Waals surface area contributed by atoms with Gasteiger partial charge in [0, 0.05) is 40.5 Å². The Balaban J connectivity index is 1.10. The summed E-state index contributed by atoms with van der Waals surface area (Å²) < 4.78 is 0. The van der Waals surface area contributed by atoms with E-state index in [0.29, 0.717) is 5.82 Å². The second-order valence-electron chi connectivity index (χ2n) is 12.3. The van der Waals surface area contributed by atoms with E-state index >= 15 is 0 Å². The highest BCUT2D eigenvalue weighted by atomic mass is 14.8. The average Bonchev–Trinajstić information content (AvgIpc) is 3.50. The van der Waals surface area contributed by atoms with Crippen molar-refractivity contribution in [2.45, 2.75) is 0 Å². The molecule has 1 aliphatic carbocycles. The van der Waals surface area contributed by atoms with Crippen LogP contribution in [0.4, 0.5) is 0 Å². The van der Waals surface area contributed by atoms with Gasteiger partial charge in [-0.25, -0.2) is 15.0 Å². The molecule has 222 valence electrons. The first-order valence-electron chi connectivity index (χ1n) is 16.1. The molecule has 6 aromatic carbocycles. The number of pyridine rings is 2. The maximum Gasteiger partial charge on any atom is 0.159 e. The smallest absolute Gasteiger partial charge is 0.159 e. The van der Waals surface area contributed by atoms with Gasteiger partial charge in [0.25, 0.3) is 0 Å². The van der Waals surface area contributed by atoms with Crippen molar-refractivity contribution < 1.29 is 0 Å². The molecule has 0 amide bonds. The van der Waals surface area contributed by atoms with Crippen LogP contribution in [0.1, 0.15) is 0 Å². The fraction of sp³-hybridized carbons (Fsp3) is 0. The van der Waals surface area contributed by atoms with Gasteiger partial charge in [-0.3, -0.25) is 4.98 Å². The molecule has 0 saturated heterocycles. The minimum Gasteiger partial charge on any atom is -0.254 e. The molecule has 1 aliphatic rings. The van der Waals surface area contributed by atoms with Crippen LogP contribution in [0.15, 0.2) is 158 Å². The van der Waals surface area contributed by atoms with Crippen LogP contribution in [0.3, 0.4) is 0 Å². The fourth-order valence-corrected chi connectivity index (χ4v) is 7.39. The van der Waals surface area contributed by atoms with E-state index in [-0.39, 0.29) is 0 Å². The Hall–Kier alpha value is -6.52. The quantitative estimate of drug-likeness (QED) is 0.186. The first kappa shape index (κ1) is 26.7. The zero-order valence-corrected chi connectivity index (χ0v) is 25.8. The molecular formula is C44H26N4. The van der Waals surface area contributed by atoms with Gasteiger partial charge >= 0.3 is 0 Å². The molecule has 0 bridgehead atoms. The van der Waals surface area contributed by atoms with Gasteiger partial charge in [-0.05, 0) is 91.7 Å². The minimum atomic E-state index is 0.715. The molecule has 48 heavy (non-hydrogen) atoms. The molecule has 0 radical (unpaired) electrons. The summed E-state index contributed by atoms with van der Waals surface area (Å²) in [6.07, 6.45) is 5.41. The van der Waals surface area contributed by atoms with Crippen LogP contribution >= 0.6 is 0 Å². The summed E-state index contributed by atoms with van der Waals surface area (Å²) in [5.41, 5.74) is 14.6. The summed E-state index contributed by atoms with van der Waals surface area (Å²) in [7, 11) is 0. The van der Waals surface area contributed by atoms with E-state index in [0.717, 1.165) is 49.8 Å². The molecule has 0 saturated carbocycles. The maximum atomic E-state index is 5.25. The van der Waals surface area contributed by atoms with Gasteiger partial charge in [0.15, 0.2) is 5.82 Å². The van der Waals surface area contributed by atoms with Gasteiger partial charge in [0.05, 0.1) is 16.7 Å². The number of fused-ring (bicyclic) bond motifs is 6. The summed E-state index contributed by atoms with van der Waals surface area (Å²) in [6, 6.07) is 49.5. The van der Waals surface area contributed by atoms with Gasteiger partial charge in [-0.2, -0.15) is 0 Å². The fourth-order valence-electron chi connectivity index (χ4n) is 7.39. The maximum absolute atomic E-state index is 5.25. The summed E-state index contributed by atoms with van der Waals surface area (Å²) in [6.45, 7) is 0. The Morgan fingerprint density at radius 2 is 1.00 bits per heavy atom. The second kappa shape index (κ2) is 10.5. The molecule has 0 N–H and O–H groups in total. The number of nitrogens with zero attached hydrogens (tertiary/aromatic N) is 4. The molecule has 0 spiro atoms. The van der Waals surface area contributed by atoms with Crippen molar-refractivity contribution in [2.75, 3.05) is 0 Å². The van der Waals surface area contributed by atoms with Crippen LogP contribution in [0.2, 0.25) is 0 Å². The van der Waals surface area contributed by atoms with Gasteiger partial charge in [0.2, 0.25) is 0 Å². The monoisotopic (exact) mass is 610 g/mol. The highest BCUT2D eigenvalue weighted by Gasteiger charge is 2.23. The first-order valence-corrected chi connectivity index (χ1v) is 16.1. The number of hydrogen-bond donors (Lipinski definition) is 0. The number of rotatable bonds is 4. The van der Waals surface area contributed by atoms with Gasteiger partial charge in [-0.15, -0.1) is 0 Å². The van der Waals surface area contributed by atoms with E-state index in [2.05, 4.69) is 131 Å². The van der Waals surface area contributed by atoms with Crippen molar-refractivity contribution in [1.82, 2.24) is 19.9 Å². The Bertz CT molecular complexity index is 2700. The Morgan fingerprint density at radius 1 is 0.354 bits per heavy atom. The van der Waals surface area contributed by atoms with Crippen molar-refractivity contribution in [1.29, 1.82) is 0 Å². The second-order valence-corrected chi connectivity index (χ2v) is 12.3. The van der Waals surface area contributed by atoms with Crippen LogP contribution in [0.5, 0.6) is 0 Å². The number of benzene rings is 6. The highest BCUT2D eigenvalue weighted by molar-refractivity contribution is 6.21. The largest absolute Gasteiger partial charge is 0.254 e. The van der Waals surface area contributed by atoms with E-state index < -0.39 is 0 Å². The summed E-state index contributed by atoms with van der Waals surface area (Å²) in [5, 5.41) is 4.75. The van der Waals surface area contributed by atoms with Crippen molar-refractivity contribution >= 4 is 32.6 Å². The predicted molar refractivity (Wildman–Crippen MR) is 196 cm³/mol. The van der Waals surface area contributed by atoms with Crippen LogP contribution in [-0.4, -0.2) is 19.9 Å². The predicted octanol–water partition coefficient (Wildman–Crippen LogP) is 11.0. The van der Waals surface area contributed by atoms with Crippen LogP contribution < -0.4 is 0 Å². The molecule has 10 rings (SSSR count). The Morgan fingerprint density at radius 3 is 1.83 bits per heavy atom. The van der Waals surface area contributed by atoms with Crippen LogP contribution in [0, 0.1) is 0 Å². The molecule has 0 atom stereocenters. The lowest BCUT2D eigenvalue weighted by atomic mass is 9.91. The lowest BCUT2D eigenvalue weighted by Gasteiger charge is -2.14. The normalized spacial score (nSPS) is 11.8. The van der Waals surface area contributed by atoms with Crippen LogP contribution in [0.25, 0.3) is 99.7 Å². The van der Waals surface area contributed by atoms with E-state index in [1.165, 1.54) is 44.2 Å². The molecule has 4 nitrogen and oxygen atoms in total. The van der Waals surface area contributed by atoms with Crippen molar-refractivity contribution in [3.05, 3.63) is 158 Å². The Labute approximate surface area is 277 Å². The topological polar surface area (TPSA) is 51.6 Å². The molecule has 3 aromatic heterocycles. The standard InChI is InChI=1S/C44H26N4/c1-2-13-33-32(12-1)35-14-5-15-36-34(18-19-37(33)41(35)36)39-26-30-17-20-40(48-42(30)43-38(39)16-6-21-45-43)29-10-3-8-27(24-29)28-9-4-11-31(25-28)44-46-22-7-23-47-44/h1-26H. The zero-order valence-electron chi connectivity index (χ0n) is 25.8. The number of hydrogen-bond acceptors (Lipinski definition) is 4.